The number of unbranched alkanes of at least 4 members (excludes halogenated alkanes) is 33. The highest BCUT2D eigenvalue weighted by Crippen LogP contribution is 2.27. The zero-order valence-electron chi connectivity index (χ0n) is 48.1. The van der Waals surface area contributed by atoms with Gasteiger partial charge < -0.3 is 39.0 Å². The molecule has 0 aromatic carbocycles. The summed E-state index contributed by atoms with van der Waals surface area (Å²) in [7, 11) is 0. The van der Waals surface area contributed by atoms with Crippen molar-refractivity contribution in [3.05, 3.63) is 36.5 Å². The predicted octanol–water partition coefficient (Wildman–Crippen LogP) is 16.0. The maximum Gasteiger partial charge on any atom is 0.335 e. The Hall–Kier alpha value is -3.06. The molecule has 12 nitrogen and oxygen atoms in total. The summed E-state index contributed by atoms with van der Waals surface area (Å²) in [6.07, 6.45) is 48.3. The number of carboxylic acid groups (broad SMARTS) is 1. The molecule has 0 bridgehead atoms. The number of esters is 3. The van der Waals surface area contributed by atoms with Crippen LogP contribution in [-0.2, 0) is 42.9 Å². The topological polar surface area (TPSA) is 175 Å². The third-order valence-electron chi connectivity index (χ3n) is 14.2. The van der Waals surface area contributed by atoms with E-state index in [0.29, 0.717) is 19.3 Å². The van der Waals surface area contributed by atoms with Gasteiger partial charge >= 0.3 is 23.9 Å². The van der Waals surface area contributed by atoms with Gasteiger partial charge in [-0.2, -0.15) is 0 Å². The van der Waals surface area contributed by atoms with Gasteiger partial charge in [0.25, 0.3) is 0 Å². The third kappa shape index (κ3) is 41.7. The number of carbonyl (C=O) groups excluding carboxylic acids is 3. The predicted molar refractivity (Wildman–Crippen MR) is 303 cm³/mol. The van der Waals surface area contributed by atoms with Crippen LogP contribution in [0.4, 0.5) is 0 Å². The van der Waals surface area contributed by atoms with Crippen molar-refractivity contribution in [2.45, 2.75) is 327 Å². The molecule has 0 aliphatic carbocycles. The Balaban J connectivity index is 2.61. The van der Waals surface area contributed by atoms with E-state index in [0.717, 1.165) is 89.9 Å². The Labute approximate surface area is 457 Å². The summed E-state index contributed by atoms with van der Waals surface area (Å²) in [6.45, 7) is 5.96. The van der Waals surface area contributed by atoms with Crippen molar-refractivity contribution in [2.24, 2.45) is 0 Å². The lowest BCUT2D eigenvalue weighted by atomic mass is 9.98. The van der Waals surface area contributed by atoms with E-state index in [1.165, 1.54) is 141 Å². The van der Waals surface area contributed by atoms with E-state index in [1.54, 1.807) is 0 Å². The van der Waals surface area contributed by atoms with Crippen LogP contribution < -0.4 is 0 Å². The minimum absolute atomic E-state index is 0.0654. The number of hydrogen-bond acceptors (Lipinski definition) is 11. The lowest BCUT2D eigenvalue weighted by Crippen LogP contribution is -2.61. The van der Waals surface area contributed by atoms with Crippen molar-refractivity contribution in [3.8, 4) is 0 Å². The number of carbonyl (C=O) groups is 4. The minimum atomic E-state index is -1.90. The SMILES string of the molecule is CCCCC/C=C\C/C=C\C/C=C\CCCCCCCCC(=O)OCC(COC1OC(C(=O)O)C(O)C(O)C1OC(=O)CCCCCCCCCCCCCCCCCCC)OC(=O)CCCCCCCCCCC. The molecule has 75 heavy (non-hydrogen) atoms. The molecule has 1 rings (SSSR count). The molecule has 1 fully saturated rings. The van der Waals surface area contributed by atoms with Crippen LogP contribution >= 0.6 is 0 Å². The largest absolute Gasteiger partial charge is 0.479 e. The van der Waals surface area contributed by atoms with Crippen LogP contribution in [0.15, 0.2) is 36.5 Å². The fourth-order valence-corrected chi connectivity index (χ4v) is 9.44. The molecule has 1 saturated heterocycles. The van der Waals surface area contributed by atoms with Gasteiger partial charge in [0.1, 0.15) is 18.8 Å². The molecule has 1 aliphatic rings. The van der Waals surface area contributed by atoms with Gasteiger partial charge in [-0.05, 0) is 57.8 Å². The van der Waals surface area contributed by atoms with Crippen LogP contribution in [-0.4, -0.2) is 89.2 Å². The first-order valence-electron chi connectivity index (χ1n) is 31.0. The standard InChI is InChI=1S/C63H112O12/c1-4-7-10-13-16-19-21-23-25-27-28-30-31-33-35-38-40-43-46-49-55(64)71-52-54(73-56(65)50-47-44-41-37-18-15-12-9-6-3)53-72-63-61(59(68)58(67)60(75-63)62(69)70)74-57(66)51-48-45-42-39-36-34-32-29-26-24-22-20-17-14-11-8-5-2/h16,19,23,25,28,30,54,58-61,63,67-68H,4-15,17-18,20-22,24,26-27,29,31-53H2,1-3H3,(H,69,70)/b19-16-,25-23-,30-28-. The first-order valence-corrected chi connectivity index (χ1v) is 31.0. The molecule has 0 amide bonds. The normalized spacial score (nSPS) is 18.3. The van der Waals surface area contributed by atoms with Gasteiger partial charge in [0.15, 0.2) is 24.6 Å². The smallest absolute Gasteiger partial charge is 0.335 e. The number of rotatable bonds is 53. The van der Waals surface area contributed by atoms with Crippen molar-refractivity contribution >= 4 is 23.9 Å². The zero-order chi connectivity index (χ0) is 54.7. The molecule has 6 unspecified atom stereocenters. The maximum absolute atomic E-state index is 13.1. The van der Waals surface area contributed by atoms with Crippen molar-refractivity contribution in [1.29, 1.82) is 0 Å². The molecule has 0 aromatic rings. The summed E-state index contributed by atoms with van der Waals surface area (Å²) in [4.78, 5) is 51.1. The average molecular weight is 1060 g/mol. The van der Waals surface area contributed by atoms with Gasteiger partial charge in [0.2, 0.25) is 0 Å². The first kappa shape index (κ1) is 70.0. The second-order valence-corrected chi connectivity index (χ2v) is 21.4. The molecule has 1 aliphatic heterocycles. The Kier molecular flexibility index (Phi) is 48.2. The van der Waals surface area contributed by atoms with E-state index in [-0.39, 0.29) is 25.9 Å². The highest BCUT2D eigenvalue weighted by atomic mass is 16.7. The van der Waals surface area contributed by atoms with Crippen LogP contribution in [0.25, 0.3) is 0 Å². The number of allylic oxidation sites excluding steroid dienone is 6. The molecule has 0 saturated carbocycles. The molecule has 3 N–H and O–H groups in total. The van der Waals surface area contributed by atoms with Gasteiger partial charge in [-0.3, -0.25) is 14.4 Å². The van der Waals surface area contributed by atoms with Crippen molar-refractivity contribution in [3.63, 3.8) is 0 Å². The van der Waals surface area contributed by atoms with E-state index in [4.69, 9.17) is 23.7 Å². The van der Waals surface area contributed by atoms with Crippen molar-refractivity contribution < 1.29 is 58.2 Å². The van der Waals surface area contributed by atoms with Gasteiger partial charge in [0.05, 0.1) is 6.61 Å². The van der Waals surface area contributed by atoms with Crippen LogP contribution in [0, 0.1) is 0 Å². The summed E-state index contributed by atoms with van der Waals surface area (Å²) in [6, 6.07) is 0. The van der Waals surface area contributed by atoms with Gasteiger partial charge in [0, 0.05) is 19.3 Å². The first-order chi connectivity index (χ1) is 36.6. The highest BCUT2D eigenvalue weighted by molar-refractivity contribution is 5.74. The summed E-state index contributed by atoms with van der Waals surface area (Å²) >= 11 is 0. The van der Waals surface area contributed by atoms with E-state index in [1.807, 2.05) is 0 Å². The average Bonchev–Trinajstić information content (AvgIpc) is 3.39. The van der Waals surface area contributed by atoms with E-state index in [2.05, 4.69) is 57.2 Å². The number of carboxylic acids is 1. The number of aliphatic carboxylic acids is 1. The lowest BCUT2D eigenvalue weighted by molar-refractivity contribution is -0.301. The van der Waals surface area contributed by atoms with Crippen LogP contribution in [0.5, 0.6) is 0 Å². The highest BCUT2D eigenvalue weighted by Gasteiger charge is 2.50. The van der Waals surface area contributed by atoms with Crippen LogP contribution in [0.1, 0.15) is 290 Å². The number of hydrogen-bond donors (Lipinski definition) is 3. The summed E-state index contributed by atoms with van der Waals surface area (Å²) in [5.41, 5.74) is 0. The Morgan fingerprint density at radius 1 is 0.440 bits per heavy atom. The number of ether oxygens (including phenoxy) is 5. The van der Waals surface area contributed by atoms with Gasteiger partial charge in [-0.1, -0.05) is 250 Å². The van der Waals surface area contributed by atoms with Gasteiger partial charge in [-0.25, -0.2) is 4.79 Å². The van der Waals surface area contributed by atoms with E-state index < -0.39 is 67.3 Å². The Morgan fingerprint density at radius 2 is 0.800 bits per heavy atom. The van der Waals surface area contributed by atoms with E-state index in [9.17, 15) is 34.5 Å². The fourth-order valence-electron chi connectivity index (χ4n) is 9.44. The molecule has 12 heteroatoms. The zero-order valence-corrected chi connectivity index (χ0v) is 48.1. The Bertz CT molecular complexity index is 1450. The summed E-state index contributed by atoms with van der Waals surface area (Å²) in [5, 5.41) is 31.5. The van der Waals surface area contributed by atoms with Crippen LogP contribution in [0.3, 0.4) is 0 Å². The molecule has 0 radical (unpaired) electrons. The van der Waals surface area contributed by atoms with Crippen molar-refractivity contribution in [1.82, 2.24) is 0 Å². The molecular weight excluding hydrogens is 949 g/mol. The molecule has 436 valence electrons. The Morgan fingerprint density at radius 3 is 1.24 bits per heavy atom. The lowest BCUT2D eigenvalue weighted by Gasteiger charge is -2.40. The molecule has 0 aromatic heterocycles. The third-order valence-corrected chi connectivity index (χ3v) is 14.2. The fraction of sp³-hybridized carbons (Fsp3) is 0.841. The van der Waals surface area contributed by atoms with Crippen LogP contribution in [0.2, 0.25) is 0 Å². The molecule has 0 spiro atoms. The maximum atomic E-state index is 13.1. The van der Waals surface area contributed by atoms with Gasteiger partial charge in [-0.15, -0.1) is 0 Å². The van der Waals surface area contributed by atoms with Crippen molar-refractivity contribution in [2.75, 3.05) is 13.2 Å². The second kappa shape index (κ2) is 51.7. The quantitative estimate of drug-likeness (QED) is 0.0228. The summed E-state index contributed by atoms with van der Waals surface area (Å²) in [5.74, 6) is -3.11. The molecular formula is C63H112O12. The van der Waals surface area contributed by atoms with E-state index >= 15 is 0 Å². The molecule has 1 heterocycles. The second-order valence-electron chi connectivity index (χ2n) is 21.4. The summed E-state index contributed by atoms with van der Waals surface area (Å²) < 4.78 is 28.4. The monoisotopic (exact) mass is 1060 g/mol. The number of aliphatic hydroxyl groups is 2. The number of aliphatic hydroxyl groups excluding tert-OH is 2. The minimum Gasteiger partial charge on any atom is -0.479 e. The molecule has 6 atom stereocenters.